The van der Waals surface area contributed by atoms with Gasteiger partial charge in [0.1, 0.15) is 17.4 Å². The molecule has 3 aromatic rings. The van der Waals surface area contributed by atoms with Crippen LogP contribution in [0.4, 0.5) is 30.5 Å². The number of piperidine rings is 1. The Balaban J connectivity index is 1.16. The number of fused-ring (bicyclic) bond motifs is 1. The van der Waals surface area contributed by atoms with Crippen LogP contribution in [0.5, 0.6) is 5.75 Å². The van der Waals surface area contributed by atoms with Crippen LogP contribution in [0, 0.1) is 0 Å². The summed E-state index contributed by atoms with van der Waals surface area (Å²) in [4.78, 5) is 41.0. The highest BCUT2D eigenvalue weighted by Gasteiger charge is 2.44. The molecule has 0 atom stereocenters. The second-order valence-electron chi connectivity index (χ2n) is 11.5. The number of rotatable bonds is 7. The molecule has 1 saturated heterocycles. The summed E-state index contributed by atoms with van der Waals surface area (Å²) in [5.41, 5.74) is -1.16. The first-order valence-corrected chi connectivity index (χ1v) is 14.9. The number of nitrogens with zero attached hydrogens (tertiary/aromatic N) is 5. The second kappa shape index (κ2) is 11.9. The summed E-state index contributed by atoms with van der Waals surface area (Å²) in [6, 6.07) is 9.45. The molecule has 232 valence electrons. The van der Waals surface area contributed by atoms with Gasteiger partial charge < -0.3 is 25.0 Å². The van der Waals surface area contributed by atoms with Gasteiger partial charge in [0.05, 0.1) is 17.4 Å². The quantitative estimate of drug-likeness (QED) is 0.374. The minimum atomic E-state index is -4.96. The maximum absolute atomic E-state index is 14.2. The number of carboxylic acid groups (broad SMARTS) is 1. The molecule has 2 aromatic heterocycles. The minimum Gasteiger partial charge on any atom is -0.490 e. The zero-order valence-corrected chi connectivity index (χ0v) is 24.0. The van der Waals surface area contributed by atoms with E-state index in [4.69, 9.17) is 4.74 Å². The first-order valence-electron chi connectivity index (χ1n) is 14.9. The number of amides is 1. The molecule has 1 aliphatic carbocycles. The van der Waals surface area contributed by atoms with Crippen LogP contribution >= 0.6 is 0 Å². The standard InChI is InChI=1S/C31H33F3N6O4/c32-31(33,34)26-24(27(41)38-30(28(42)43)11-2-1-3-12-30)19-36-29(37-26)40-16-8-20-17-23(6-7-25(20)40)44-22-9-14-39(15-10-22)21-5-4-13-35-18-21/h4-7,13,17-19,22H,1-3,8-12,14-16H2,(H,38,41)(H,42,43). The third-order valence-electron chi connectivity index (χ3n) is 8.70. The van der Waals surface area contributed by atoms with Gasteiger partial charge in [0.25, 0.3) is 5.91 Å². The summed E-state index contributed by atoms with van der Waals surface area (Å²) < 4.78 is 48.8. The van der Waals surface area contributed by atoms with E-state index >= 15 is 0 Å². The van der Waals surface area contributed by atoms with Crippen LogP contribution in [-0.2, 0) is 17.4 Å². The van der Waals surface area contributed by atoms with Gasteiger partial charge >= 0.3 is 12.1 Å². The Labute approximate surface area is 252 Å². The number of carbonyl (C=O) groups is 2. The zero-order chi connectivity index (χ0) is 30.9. The molecular formula is C31H33F3N6O4. The molecule has 0 unspecified atom stereocenters. The molecular weight excluding hydrogens is 577 g/mol. The molecule has 6 rings (SSSR count). The molecule has 10 nitrogen and oxygen atoms in total. The van der Waals surface area contributed by atoms with E-state index in [0.717, 1.165) is 49.8 Å². The molecule has 2 fully saturated rings. The maximum atomic E-state index is 14.2. The highest BCUT2D eigenvalue weighted by molar-refractivity contribution is 5.98. The highest BCUT2D eigenvalue weighted by Crippen LogP contribution is 2.38. The van der Waals surface area contributed by atoms with E-state index in [1.807, 2.05) is 24.4 Å². The first kappa shape index (κ1) is 29.6. The van der Waals surface area contributed by atoms with Crippen molar-refractivity contribution in [2.24, 2.45) is 0 Å². The van der Waals surface area contributed by atoms with Gasteiger partial charge in [0, 0.05) is 50.6 Å². The van der Waals surface area contributed by atoms with Crippen molar-refractivity contribution in [1.82, 2.24) is 20.3 Å². The van der Waals surface area contributed by atoms with E-state index in [0.29, 0.717) is 37.2 Å². The Bertz CT molecular complexity index is 1520. The lowest BCUT2D eigenvalue weighted by Gasteiger charge is -2.34. The van der Waals surface area contributed by atoms with Crippen LogP contribution in [0.3, 0.4) is 0 Å². The molecule has 3 aliphatic rings. The van der Waals surface area contributed by atoms with Crippen LogP contribution < -0.4 is 19.9 Å². The normalized spacial score (nSPS) is 18.5. The average molecular weight is 611 g/mol. The number of hydrogen-bond acceptors (Lipinski definition) is 8. The molecule has 0 bridgehead atoms. The maximum Gasteiger partial charge on any atom is 0.434 e. The lowest BCUT2D eigenvalue weighted by atomic mass is 9.81. The predicted molar refractivity (Wildman–Crippen MR) is 155 cm³/mol. The van der Waals surface area contributed by atoms with Gasteiger partial charge in [-0.1, -0.05) is 19.3 Å². The number of aliphatic carboxylic acids is 1. The van der Waals surface area contributed by atoms with E-state index in [1.54, 1.807) is 23.2 Å². The molecule has 1 aromatic carbocycles. The highest BCUT2D eigenvalue weighted by atomic mass is 19.4. The van der Waals surface area contributed by atoms with E-state index in [9.17, 15) is 27.9 Å². The number of carbonyl (C=O) groups excluding carboxylic acids is 1. The van der Waals surface area contributed by atoms with E-state index in [-0.39, 0.29) is 24.9 Å². The Morgan fingerprint density at radius 3 is 2.50 bits per heavy atom. The molecule has 13 heteroatoms. The van der Waals surface area contributed by atoms with Crippen molar-refractivity contribution >= 4 is 29.2 Å². The number of carboxylic acids is 1. The smallest absolute Gasteiger partial charge is 0.434 e. The van der Waals surface area contributed by atoms with Crippen LogP contribution in [-0.4, -0.2) is 63.2 Å². The summed E-state index contributed by atoms with van der Waals surface area (Å²) in [6.07, 6.45) is 3.98. The van der Waals surface area contributed by atoms with Gasteiger partial charge in [-0.3, -0.25) is 9.78 Å². The largest absolute Gasteiger partial charge is 0.490 e. The number of ether oxygens (including phenoxy) is 1. The molecule has 0 spiro atoms. The fourth-order valence-electron chi connectivity index (χ4n) is 6.34. The van der Waals surface area contributed by atoms with Crippen molar-refractivity contribution in [3.8, 4) is 5.75 Å². The van der Waals surface area contributed by atoms with Crippen molar-refractivity contribution < 1.29 is 32.6 Å². The summed E-state index contributed by atoms with van der Waals surface area (Å²) in [7, 11) is 0. The van der Waals surface area contributed by atoms with Crippen molar-refractivity contribution in [2.45, 2.75) is 69.2 Å². The van der Waals surface area contributed by atoms with Gasteiger partial charge in [-0.2, -0.15) is 13.2 Å². The van der Waals surface area contributed by atoms with E-state index in [2.05, 4.69) is 25.2 Å². The van der Waals surface area contributed by atoms with Crippen LogP contribution in [0.2, 0.25) is 0 Å². The monoisotopic (exact) mass is 610 g/mol. The Kier molecular flexibility index (Phi) is 8.04. The molecule has 1 amide bonds. The molecule has 4 heterocycles. The topological polar surface area (TPSA) is 121 Å². The third kappa shape index (κ3) is 6.00. The van der Waals surface area contributed by atoms with Gasteiger partial charge in [-0.15, -0.1) is 0 Å². The number of benzene rings is 1. The van der Waals surface area contributed by atoms with Crippen molar-refractivity contribution in [1.29, 1.82) is 0 Å². The van der Waals surface area contributed by atoms with Crippen LogP contribution in [0.25, 0.3) is 0 Å². The fourth-order valence-corrected chi connectivity index (χ4v) is 6.34. The van der Waals surface area contributed by atoms with Crippen molar-refractivity contribution in [2.75, 3.05) is 29.4 Å². The molecule has 44 heavy (non-hydrogen) atoms. The molecule has 1 saturated carbocycles. The first-order chi connectivity index (χ1) is 21.1. The fraction of sp³-hybridized carbons (Fsp3) is 0.452. The van der Waals surface area contributed by atoms with Gasteiger partial charge in [0.15, 0.2) is 5.69 Å². The Hall–Kier alpha value is -4.42. The molecule has 0 radical (unpaired) electrons. The van der Waals surface area contributed by atoms with E-state index in [1.165, 1.54) is 0 Å². The summed E-state index contributed by atoms with van der Waals surface area (Å²) >= 11 is 0. The third-order valence-corrected chi connectivity index (χ3v) is 8.70. The number of pyridine rings is 1. The number of halogens is 3. The van der Waals surface area contributed by atoms with Gasteiger partial charge in [0.2, 0.25) is 5.95 Å². The van der Waals surface area contributed by atoms with Crippen molar-refractivity contribution in [3.63, 3.8) is 0 Å². The van der Waals surface area contributed by atoms with Crippen LogP contribution in [0.15, 0.2) is 48.9 Å². The van der Waals surface area contributed by atoms with Crippen molar-refractivity contribution in [3.05, 3.63) is 65.7 Å². The van der Waals surface area contributed by atoms with Gasteiger partial charge in [-0.05, 0) is 55.2 Å². The number of aromatic nitrogens is 3. The number of alkyl halides is 3. The summed E-state index contributed by atoms with van der Waals surface area (Å²) in [5.74, 6) is -1.90. The molecule has 2 aliphatic heterocycles. The van der Waals surface area contributed by atoms with E-state index < -0.39 is 34.8 Å². The summed E-state index contributed by atoms with van der Waals surface area (Å²) in [6.45, 7) is 2.05. The average Bonchev–Trinajstić information content (AvgIpc) is 3.45. The Morgan fingerprint density at radius 2 is 1.82 bits per heavy atom. The number of anilines is 3. The van der Waals surface area contributed by atoms with Gasteiger partial charge in [-0.25, -0.2) is 14.8 Å². The second-order valence-corrected chi connectivity index (χ2v) is 11.5. The lowest BCUT2D eigenvalue weighted by Crippen LogP contribution is -2.55. The number of hydrogen-bond donors (Lipinski definition) is 2. The Morgan fingerprint density at radius 1 is 1.05 bits per heavy atom. The minimum absolute atomic E-state index is 0.0451. The summed E-state index contributed by atoms with van der Waals surface area (Å²) in [5, 5.41) is 12.1. The zero-order valence-electron chi connectivity index (χ0n) is 24.0. The molecule has 2 N–H and O–H groups in total. The van der Waals surface area contributed by atoms with Crippen LogP contribution in [0.1, 0.15) is 66.6 Å². The predicted octanol–water partition coefficient (Wildman–Crippen LogP) is 5.15. The lowest BCUT2D eigenvalue weighted by molar-refractivity contribution is -0.145. The SMILES string of the molecule is O=C(NC1(C(=O)O)CCCCC1)c1cnc(N2CCc3cc(OC4CCN(c5cccnc5)CC4)ccc32)nc1C(F)(F)F. The number of nitrogens with one attached hydrogen (secondary N) is 1.